The molecule has 0 bridgehead atoms. The van der Waals surface area contributed by atoms with E-state index >= 15 is 0 Å². The predicted octanol–water partition coefficient (Wildman–Crippen LogP) is 3.11. The molecule has 1 aliphatic carbocycles. The second-order valence-corrected chi connectivity index (χ2v) is 7.65. The van der Waals surface area contributed by atoms with Crippen molar-refractivity contribution >= 4 is 40.9 Å². The fourth-order valence-electron chi connectivity index (χ4n) is 3.74. The van der Waals surface area contributed by atoms with Crippen molar-refractivity contribution in [2.24, 2.45) is 0 Å². The summed E-state index contributed by atoms with van der Waals surface area (Å²) in [5, 5.41) is 11.5. The van der Waals surface area contributed by atoms with Crippen LogP contribution in [0.2, 0.25) is 0 Å². The van der Waals surface area contributed by atoms with Crippen molar-refractivity contribution in [2.75, 3.05) is 23.9 Å². The van der Waals surface area contributed by atoms with E-state index in [0.717, 1.165) is 6.42 Å². The van der Waals surface area contributed by atoms with Gasteiger partial charge in [-0.3, -0.25) is 9.59 Å². The number of nitrogens with one attached hydrogen (secondary N) is 1. The summed E-state index contributed by atoms with van der Waals surface area (Å²) in [6.07, 6.45) is 3.40. The molecule has 2 aromatic rings. The second-order valence-electron chi connectivity index (χ2n) is 7.44. The molecular formula is C22H22FN5O2S. The maximum atomic E-state index is 14.6. The van der Waals surface area contributed by atoms with E-state index in [1.807, 2.05) is 6.07 Å². The average molecular weight is 440 g/mol. The van der Waals surface area contributed by atoms with Gasteiger partial charge in [-0.15, -0.1) is 0 Å². The van der Waals surface area contributed by atoms with Crippen LogP contribution in [0.25, 0.3) is 0 Å². The highest BCUT2D eigenvalue weighted by atomic mass is 32.1. The number of carbonyl (C=O) groups excluding carboxylic acids is 2. The number of hydrogen-bond donors (Lipinski definition) is 1. The Morgan fingerprint density at radius 3 is 2.52 bits per heavy atom. The standard InChI is InChI=1S/C22H22FN5O2S/c1-14-9-16(12-26-19(14)11-24)27(3)21(30)22(7-4-8-22)28(13-31)15-5-6-17(18(23)10-15)20(29)25-2/h5-6,9-10,12-13H,4,7-8H2,1-3H3,(H,25,29). The minimum absolute atomic E-state index is 0.0826. The maximum absolute atomic E-state index is 14.6. The Morgan fingerprint density at radius 2 is 2.03 bits per heavy atom. The molecule has 0 atom stereocenters. The number of aromatic nitrogens is 1. The normalized spacial score (nSPS) is 14.0. The molecule has 9 heteroatoms. The number of thiocarbonyl (C=S) groups is 1. The van der Waals surface area contributed by atoms with Gasteiger partial charge in [-0.25, -0.2) is 9.37 Å². The zero-order valence-corrected chi connectivity index (χ0v) is 18.3. The number of carbonyl (C=O) groups is 2. The molecule has 31 heavy (non-hydrogen) atoms. The quantitative estimate of drug-likeness (QED) is 0.696. The van der Waals surface area contributed by atoms with Crippen molar-refractivity contribution in [3.8, 4) is 6.07 Å². The van der Waals surface area contributed by atoms with Gasteiger partial charge >= 0.3 is 0 Å². The van der Waals surface area contributed by atoms with E-state index in [1.54, 1.807) is 31.0 Å². The lowest BCUT2D eigenvalue weighted by molar-refractivity contribution is -0.125. The molecule has 1 N–H and O–H groups in total. The molecule has 1 saturated carbocycles. The van der Waals surface area contributed by atoms with E-state index < -0.39 is 17.3 Å². The lowest BCUT2D eigenvalue weighted by Gasteiger charge is -2.49. The molecule has 3 rings (SSSR count). The van der Waals surface area contributed by atoms with Gasteiger partial charge in [-0.1, -0.05) is 12.2 Å². The molecule has 0 aliphatic heterocycles. The number of rotatable bonds is 6. The van der Waals surface area contributed by atoms with Gasteiger partial charge in [0.25, 0.3) is 11.8 Å². The van der Waals surface area contributed by atoms with Crippen molar-refractivity contribution in [1.29, 1.82) is 5.26 Å². The van der Waals surface area contributed by atoms with Crippen LogP contribution in [0.15, 0.2) is 30.5 Å². The number of amides is 2. The molecule has 160 valence electrons. The van der Waals surface area contributed by atoms with Gasteiger partial charge in [-0.2, -0.15) is 5.26 Å². The molecule has 0 unspecified atom stereocenters. The van der Waals surface area contributed by atoms with Crippen LogP contribution >= 0.6 is 12.2 Å². The van der Waals surface area contributed by atoms with E-state index in [1.165, 1.54) is 35.8 Å². The number of likely N-dealkylation sites (N-methyl/N-ethyl adjacent to an activating group) is 1. The lowest BCUT2D eigenvalue weighted by Crippen LogP contribution is -2.63. The third kappa shape index (κ3) is 3.86. The second kappa shape index (κ2) is 8.78. The first kappa shape index (κ1) is 22.3. The molecule has 1 aromatic carbocycles. The molecule has 0 spiro atoms. The minimum atomic E-state index is -0.959. The Balaban J connectivity index is 1.96. The fraction of sp³-hybridized carbons (Fsp3) is 0.318. The zero-order chi connectivity index (χ0) is 22.8. The van der Waals surface area contributed by atoms with Gasteiger partial charge in [0, 0.05) is 19.8 Å². The number of nitrogens with zero attached hydrogens (tertiary/aromatic N) is 4. The highest BCUT2D eigenvalue weighted by Crippen LogP contribution is 2.42. The number of hydrogen-bond acceptors (Lipinski definition) is 5. The zero-order valence-electron chi connectivity index (χ0n) is 17.5. The van der Waals surface area contributed by atoms with Crippen LogP contribution < -0.4 is 15.1 Å². The van der Waals surface area contributed by atoms with Crippen molar-refractivity contribution < 1.29 is 14.0 Å². The molecule has 1 fully saturated rings. The molecule has 1 aromatic heterocycles. The van der Waals surface area contributed by atoms with Gasteiger partial charge in [0.1, 0.15) is 23.1 Å². The third-order valence-electron chi connectivity index (χ3n) is 5.71. The van der Waals surface area contributed by atoms with Gasteiger partial charge in [-0.05, 0) is 56.0 Å². The lowest BCUT2D eigenvalue weighted by atomic mass is 9.74. The first-order chi connectivity index (χ1) is 14.8. The highest BCUT2D eigenvalue weighted by molar-refractivity contribution is 7.79. The largest absolute Gasteiger partial charge is 0.355 e. The Kier molecular flexibility index (Phi) is 6.32. The van der Waals surface area contributed by atoms with E-state index in [4.69, 9.17) is 17.5 Å². The summed E-state index contributed by atoms with van der Waals surface area (Å²) in [6.45, 7) is 1.76. The predicted molar refractivity (Wildman–Crippen MR) is 120 cm³/mol. The molecule has 1 aliphatic rings. The fourth-order valence-corrected chi connectivity index (χ4v) is 4.06. The third-order valence-corrected chi connectivity index (χ3v) is 5.92. The van der Waals surface area contributed by atoms with Gasteiger partial charge < -0.3 is 15.1 Å². The molecule has 0 saturated heterocycles. The van der Waals surface area contributed by atoms with Crippen LogP contribution in [0.3, 0.4) is 0 Å². The molecule has 1 heterocycles. The Hall–Kier alpha value is -3.38. The Morgan fingerprint density at radius 1 is 1.32 bits per heavy atom. The summed E-state index contributed by atoms with van der Waals surface area (Å²) in [6, 6.07) is 7.92. The van der Waals surface area contributed by atoms with Crippen molar-refractivity contribution in [3.63, 3.8) is 0 Å². The maximum Gasteiger partial charge on any atom is 0.253 e. The first-order valence-electron chi connectivity index (χ1n) is 9.70. The van der Waals surface area contributed by atoms with Gasteiger partial charge in [0.15, 0.2) is 0 Å². The van der Waals surface area contributed by atoms with Crippen LogP contribution in [0.4, 0.5) is 15.8 Å². The minimum Gasteiger partial charge on any atom is -0.355 e. The average Bonchev–Trinajstić information content (AvgIpc) is 2.74. The number of halogens is 1. The summed E-state index contributed by atoms with van der Waals surface area (Å²) in [4.78, 5) is 32.6. The summed E-state index contributed by atoms with van der Waals surface area (Å²) in [5.74, 6) is -1.43. The van der Waals surface area contributed by atoms with Crippen molar-refractivity contribution in [3.05, 3.63) is 53.1 Å². The highest BCUT2D eigenvalue weighted by Gasteiger charge is 2.50. The van der Waals surface area contributed by atoms with Gasteiger partial charge in [0.05, 0.1) is 22.9 Å². The molecule has 0 radical (unpaired) electrons. The summed E-state index contributed by atoms with van der Waals surface area (Å²) in [5.41, 5.74) is 2.23. The van der Waals surface area contributed by atoms with Crippen LogP contribution in [0.5, 0.6) is 0 Å². The topological polar surface area (TPSA) is 89.3 Å². The summed E-state index contributed by atoms with van der Waals surface area (Å²) in [7, 11) is 3.07. The van der Waals surface area contributed by atoms with Gasteiger partial charge in [0.2, 0.25) is 0 Å². The SMILES string of the molecule is CNC(=O)c1ccc(N(C=S)C2(C(=O)N(C)c3cnc(C#N)c(C)c3)CCC2)cc1F. The van der Waals surface area contributed by atoms with Crippen molar-refractivity contribution in [1.82, 2.24) is 10.3 Å². The molecular weight excluding hydrogens is 417 g/mol. The van der Waals surface area contributed by atoms with Crippen molar-refractivity contribution in [2.45, 2.75) is 31.7 Å². The number of nitriles is 1. The number of pyridine rings is 1. The van der Waals surface area contributed by atoms with Crippen LogP contribution in [0.1, 0.15) is 40.9 Å². The molecule has 7 nitrogen and oxygen atoms in total. The molecule has 2 amide bonds. The van der Waals surface area contributed by atoms with Crippen LogP contribution in [-0.4, -0.2) is 41.9 Å². The Labute approximate surface area is 185 Å². The number of aryl methyl sites for hydroxylation is 1. The first-order valence-corrected chi connectivity index (χ1v) is 10.2. The Bertz CT molecular complexity index is 1090. The summed E-state index contributed by atoms with van der Waals surface area (Å²) < 4.78 is 14.6. The summed E-state index contributed by atoms with van der Waals surface area (Å²) >= 11 is 5.21. The monoisotopic (exact) mass is 439 g/mol. The van der Waals surface area contributed by atoms with E-state index in [-0.39, 0.29) is 11.5 Å². The van der Waals surface area contributed by atoms with E-state index in [2.05, 4.69) is 10.3 Å². The smallest absolute Gasteiger partial charge is 0.253 e. The van der Waals surface area contributed by atoms with E-state index in [0.29, 0.717) is 35.5 Å². The number of benzene rings is 1. The van der Waals surface area contributed by atoms with Crippen LogP contribution in [-0.2, 0) is 4.79 Å². The van der Waals surface area contributed by atoms with Crippen LogP contribution in [0, 0.1) is 24.1 Å². The van der Waals surface area contributed by atoms with E-state index in [9.17, 15) is 14.0 Å². The number of anilines is 2.